The van der Waals surface area contributed by atoms with Crippen molar-refractivity contribution in [3.05, 3.63) is 47.3 Å². The minimum absolute atomic E-state index is 0.593. The predicted octanol–water partition coefficient (Wildman–Crippen LogP) is 3.05. The molecular weight excluding hydrogens is 230 g/mol. The highest BCUT2D eigenvalue weighted by Gasteiger charge is 2.06. The first kappa shape index (κ1) is 11.8. The zero-order valence-corrected chi connectivity index (χ0v) is 11.0. The van der Waals surface area contributed by atoms with Gasteiger partial charge < -0.3 is 5.32 Å². The third-order valence-corrected chi connectivity index (χ3v) is 2.93. The van der Waals surface area contributed by atoms with Crippen LogP contribution >= 0.6 is 12.2 Å². The number of para-hydroxylation sites is 1. The van der Waals surface area contributed by atoms with Crippen molar-refractivity contribution in [1.82, 2.24) is 9.78 Å². The van der Waals surface area contributed by atoms with Crippen LogP contribution in [0.2, 0.25) is 0 Å². The Balaban J connectivity index is 2.24. The second-order valence-electron chi connectivity index (χ2n) is 4.10. The average molecular weight is 245 g/mol. The molecule has 2 aromatic rings. The molecule has 0 saturated carbocycles. The lowest BCUT2D eigenvalue weighted by atomic mass is 10.1. The monoisotopic (exact) mass is 245 g/mol. The molecule has 2 rings (SSSR count). The molecular formula is C13H15N3S. The second-order valence-corrected chi connectivity index (χ2v) is 4.49. The van der Waals surface area contributed by atoms with E-state index in [0.717, 1.165) is 11.4 Å². The van der Waals surface area contributed by atoms with Crippen molar-refractivity contribution in [3.63, 3.8) is 0 Å². The van der Waals surface area contributed by atoms with Crippen molar-refractivity contribution in [2.45, 2.75) is 20.8 Å². The second kappa shape index (κ2) is 4.67. The highest BCUT2D eigenvalue weighted by Crippen LogP contribution is 2.19. The van der Waals surface area contributed by atoms with Crippen LogP contribution in [-0.4, -0.2) is 14.9 Å². The molecule has 0 aliphatic carbocycles. The third kappa shape index (κ3) is 2.53. The topological polar surface area (TPSA) is 29.9 Å². The SMILES string of the molecule is Cc1ccn(C(=S)Nc2c(C)cccc2C)n1. The zero-order valence-electron chi connectivity index (χ0n) is 10.2. The van der Waals surface area contributed by atoms with Gasteiger partial charge in [0.2, 0.25) is 0 Å². The number of hydrogen-bond acceptors (Lipinski definition) is 2. The van der Waals surface area contributed by atoms with Gasteiger partial charge in [-0.05, 0) is 50.2 Å². The molecule has 1 aromatic heterocycles. The van der Waals surface area contributed by atoms with Crippen LogP contribution < -0.4 is 5.32 Å². The van der Waals surface area contributed by atoms with Gasteiger partial charge in [0.05, 0.1) is 5.69 Å². The molecule has 0 unspecified atom stereocenters. The maximum absolute atomic E-state index is 5.32. The molecule has 0 saturated heterocycles. The molecule has 0 amide bonds. The molecule has 1 heterocycles. The first-order chi connectivity index (χ1) is 8.08. The summed E-state index contributed by atoms with van der Waals surface area (Å²) in [6, 6.07) is 8.09. The lowest BCUT2D eigenvalue weighted by molar-refractivity contribution is 0.922. The summed E-state index contributed by atoms with van der Waals surface area (Å²) >= 11 is 5.32. The summed E-state index contributed by atoms with van der Waals surface area (Å²) in [5.41, 5.74) is 4.37. The van der Waals surface area contributed by atoms with Crippen molar-refractivity contribution in [3.8, 4) is 0 Å². The number of thiocarbonyl (C=S) groups is 1. The Labute approximate surface area is 106 Å². The summed E-state index contributed by atoms with van der Waals surface area (Å²) in [6.07, 6.45) is 1.86. The molecule has 0 aliphatic heterocycles. The molecule has 0 radical (unpaired) electrons. The van der Waals surface area contributed by atoms with Crippen molar-refractivity contribution >= 4 is 23.0 Å². The molecule has 0 atom stereocenters. The summed E-state index contributed by atoms with van der Waals surface area (Å²) in [6.45, 7) is 6.07. The van der Waals surface area contributed by atoms with Gasteiger partial charge in [-0.15, -0.1) is 0 Å². The predicted molar refractivity (Wildman–Crippen MR) is 74.5 cm³/mol. The molecule has 88 valence electrons. The van der Waals surface area contributed by atoms with Crippen LogP contribution in [0.15, 0.2) is 30.5 Å². The average Bonchev–Trinajstić information content (AvgIpc) is 2.70. The van der Waals surface area contributed by atoms with Gasteiger partial charge in [0.15, 0.2) is 5.11 Å². The normalized spacial score (nSPS) is 10.3. The highest BCUT2D eigenvalue weighted by molar-refractivity contribution is 7.80. The third-order valence-electron chi connectivity index (χ3n) is 2.64. The molecule has 4 heteroatoms. The largest absolute Gasteiger partial charge is 0.330 e. The van der Waals surface area contributed by atoms with Crippen molar-refractivity contribution in [2.75, 3.05) is 5.32 Å². The Hall–Kier alpha value is -1.68. The van der Waals surface area contributed by atoms with Crippen LogP contribution in [-0.2, 0) is 0 Å². The van der Waals surface area contributed by atoms with Crippen LogP contribution in [0.1, 0.15) is 16.8 Å². The summed E-state index contributed by atoms with van der Waals surface area (Å²) in [4.78, 5) is 0. The number of anilines is 1. The minimum atomic E-state index is 0.593. The number of rotatable bonds is 1. The van der Waals surface area contributed by atoms with Gasteiger partial charge in [0.25, 0.3) is 0 Å². The smallest absolute Gasteiger partial charge is 0.198 e. The first-order valence-electron chi connectivity index (χ1n) is 5.48. The molecule has 17 heavy (non-hydrogen) atoms. The van der Waals surface area contributed by atoms with Crippen LogP contribution in [0.5, 0.6) is 0 Å². The van der Waals surface area contributed by atoms with E-state index in [4.69, 9.17) is 12.2 Å². The van der Waals surface area contributed by atoms with Crippen molar-refractivity contribution in [1.29, 1.82) is 0 Å². The van der Waals surface area contributed by atoms with E-state index in [9.17, 15) is 0 Å². The fourth-order valence-electron chi connectivity index (χ4n) is 1.70. The first-order valence-corrected chi connectivity index (χ1v) is 5.88. The number of nitrogens with zero attached hydrogens (tertiary/aromatic N) is 2. The number of benzene rings is 1. The standard InChI is InChI=1S/C13H15N3S/c1-9-5-4-6-10(2)12(9)14-13(17)16-8-7-11(3)15-16/h4-8H,1-3H3,(H,14,17). The Morgan fingerprint density at radius 1 is 1.18 bits per heavy atom. The Morgan fingerprint density at radius 2 is 1.82 bits per heavy atom. The lowest BCUT2D eigenvalue weighted by Crippen LogP contribution is -2.20. The molecule has 0 fully saturated rings. The summed E-state index contributed by atoms with van der Waals surface area (Å²) in [5.74, 6) is 0. The van der Waals surface area contributed by atoms with Crippen molar-refractivity contribution < 1.29 is 0 Å². The van der Waals surface area contributed by atoms with Crippen LogP contribution in [0.25, 0.3) is 0 Å². The minimum Gasteiger partial charge on any atom is -0.330 e. The Morgan fingerprint density at radius 3 is 2.35 bits per heavy atom. The maximum Gasteiger partial charge on any atom is 0.198 e. The van der Waals surface area contributed by atoms with Gasteiger partial charge in [-0.25, -0.2) is 4.68 Å². The van der Waals surface area contributed by atoms with Gasteiger partial charge >= 0.3 is 0 Å². The summed E-state index contributed by atoms with van der Waals surface area (Å²) in [5, 5.41) is 8.11. The fraction of sp³-hybridized carbons (Fsp3) is 0.231. The molecule has 0 aliphatic rings. The lowest BCUT2D eigenvalue weighted by Gasteiger charge is -2.13. The highest BCUT2D eigenvalue weighted by atomic mass is 32.1. The van der Waals surface area contributed by atoms with Gasteiger partial charge in [-0.3, -0.25) is 0 Å². The number of aryl methyl sites for hydroxylation is 3. The molecule has 1 aromatic carbocycles. The van der Waals surface area contributed by atoms with Gasteiger partial charge in [0, 0.05) is 11.9 Å². The van der Waals surface area contributed by atoms with E-state index < -0.39 is 0 Å². The number of aromatic nitrogens is 2. The van der Waals surface area contributed by atoms with E-state index in [-0.39, 0.29) is 0 Å². The van der Waals surface area contributed by atoms with Crippen LogP contribution in [0, 0.1) is 20.8 Å². The molecule has 3 nitrogen and oxygen atoms in total. The van der Waals surface area contributed by atoms with E-state index >= 15 is 0 Å². The van der Waals surface area contributed by atoms with E-state index in [0.29, 0.717) is 5.11 Å². The molecule has 0 bridgehead atoms. The van der Waals surface area contributed by atoms with E-state index in [1.165, 1.54) is 11.1 Å². The van der Waals surface area contributed by atoms with E-state index in [1.807, 2.05) is 25.3 Å². The van der Waals surface area contributed by atoms with Gasteiger partial charge in [0.1, 0.15) is 0 Å². The van der Waals surface area contributed by atoms with Crippen LogP contribution in [0.4, 0.5) is 5.69 Å². The van der Waals surface area contributed by atoms with Crippen LogP contribution in [0.3, 0.4) is 0 Å². The summed E-state index contributed by atoms with van der Waals surface area (Å²) < 4.78 is 1.68. The van der Waals surface area contributed by atoms with E-state index in [1.54, 1.807) is 4.68 Å². The molecule has 0 spiro atoms. The summed E-state index contributed by atoms with van der Waals surface area (Å²) in [7, 11) is 0. The molecule has 1 N–H and O–H groups in total. The number of nitrogens with one attached hydrogen (secondary N) is 1. The Kier molecular flexibility index (Phi) is 3.24. The van der Waals surface area contributed by atoms with Gasteiger partial charge in [-0.1, -0.05) is 18.2 Å². The fourth-order valence-corrected chi connectivity index (χ4v) is 1.91. The van der Waals surface area contributed by atoms with Gasteiger partial charge in [-0.2, -0.15) is 5.10 Å². The van der Waals surface area contributed by atoms with Crippen molar-refractivity contribution in [2.24, 2.45) is 0 Å². The quantitative estimate of drug-likeness (QED) is 0.783. The number of hydrogen-bond donors (Lipinski definition) is 1. The van der Waals surface area contributed by atoms with E-state index in [2.05, 4.69) is 36.4 Å². The zero-order chi connectivity index (χ0) is 12.4. The Bertz CT molecular complexity index is 537. The maximum atomic E-state index is 5.32.